The van der Waals surface area contributed by atoms with E-state index < -0.39 is 59.3 Å². The lowest BCUT2D eigenvalue weighted by Crippen LogP contribution is -2.40. The molecule has 0 saturated heterocycles. The van der Waals surface area contributed by atoms with Crippen LogP contribution in [0.2, 0.25) is 0 Å². The number of unbranched alkanes of at least 4 members (excludes halogenated alkanes) is 1. The second-order valence-corrected chi connectivity index (χ2v) is 13.8. The van der Waals surface area contributed by atoms with Gasteiger partial charge in [-0.3, -0.25) is 24.8 Å². The number of aliphatic hydroxyl groups is 3. The quantitative estimate of drug-likeness (QED) is 0.0270. The van der Waals surface area contributed by atoms with E-state index in [1.807, 2.05) is 12.2 Å². The Morgan fingerprint density at radius 2 is 1.78 bits per heavy atom. The number of esters is 2. The van der Waals surface area contributed by atoms with Crippen LogP contribution in [0.3, 0.4) is 0 Å². The molecule has 320 valence electrons. The average molecular weight is 823 g/mol. The predicted octanol–water partition coefficient (Wildman–Crippen LogP) is 5.50. The third-order valence-electron chi connectivity index (χ3n) is 9.32. The van der Waals surface area contributed by atoms with Crippen LogP contribution in [-0.4, -0.2) is 93.6 Å². The summed E-state index contributed by atoms with van der Waals surface area (Å²) in [5, 5.41) is 50.6. The summed E-state index contributed by atoms with van der Waals surface area (Å²) in [4.78, 5) is 41.4. The van der Waals surface area contributed by atoms with E-state index in [0.29, 0.717) is 30.4 Å². The average Bonchev–Trinajstić information content (AvgIpc) is 3.45. The maximum absolute atomic E-state index is 13.0. The first kappa shape index (κ1) is 47.8. The largest absolute Gasteiger partial charge is 0.493 e. The molecule has 0 radical (unpaired) electrons. The number of ether oxygens (including phenoxy) is 3. The van der Waals surface area contributed by atoms with Gasteiger partial charge in [-0.25, -0.2) is 4.79 Å². The SMILES string of the molecule is COc1cc(/C=C/COC(=O)CCCON(O)O)ccc1OC(=O)C(C)NC(=O)CCC/C=C\C[C@@H]1[C@@H](/C=C/[C@@H](O)CCc2cccc(C(F)(F)F)c2)[C@H](O)C[C@@H]1O. The Hall–Kier alpha value is -4.62. The zero-order valence-electron chi connectivity index (χ0n) is 32.4. The van der Waals surface area contributed by atoms with Gasteiger partial charge in [0.05, 0.1) is 43.0 Å². The normalized spacial score (nSPS) is 19.6. The molecule has 6 N–H and O–H groups in total. The Labute approximate surface area is 335 Å². The molecule has 0 aliphatic heterocycles. The van der Waals surface area contributed by atoms with Gasteiger partial charge in [-0.15, -0.1) is 0 Å². The number of allylic oxidation sites excluding steroid dienone is 2. The number of halogens is 3. The summed E-state index contributed by atoms with van der Waals surface area (Å²) in [6.07, 6.45) is 5.62. The molecule has 2 aromatic carbocycles. The van der Waals surface area contributed by atoms with E-state index in [1.165, 1.54) is 32.2 Å². The van der Waals surface area contributed by atoms with Gasteiger partial charge in [0.1, 0.15) is 12.6 Å². The highest BCUT2D eigenvalue weighted by atomic mass is 19.4. The van der Waals surface area contributed by atoms with Crippen LogP contribution in [0.5, 0.6) is 11.5 Å². The summed E-state index contributed by atoms with van der Waals surface area (Å²) in [6.45, 7) is 1.40. The molecule has 17 heteroatoms. The summed E-state index contributed by atoms with van der Waals surface area (Å²) >= 11 is 0. The molecule has 0 heterocycles. The third kappa shape index (κ3) is 17.1. The van der Waals surface area contributed by atoms with E-state index in [4.69, 9.17) is 24.6 Å². The summed E-state index contributed by atoms with van der Waals surface area (Å²) in [5.74, 6) is -1.91. The van der Waals surface area contributed by atoms with Gasteiger partial charge in [0.15, 0.2) is 11.5 Å². The van der Waals surface area contributed by atoms with E-state index in [0.717, 1.165) is 12.1 Å². The van der Waals surface area contributed by atoms with Gasteiger partial charge in [-0.2, -0.15) is 13.2 Å². The highest BCUT2D eigenvalue weighted by Gasteiger charge is 2.39. The number of methoxy groups -OCH3 is 1. The van der Waals surface area contributed by atoms with Crippen molar-refractivity contribution in [2.75, 3.05) is 20.3 Å². The molecule has 1 fully saturated rings. The fourth-order valence-corrected chi connectivity index (χ4v) is 6.23. The van der Waals surface area contributed by atoms with Gasteiger partial charge < -0.3 is 34.8 Å². The summed E-state index contributed by atoms with van der Waals surface area (Å²) in [7, 11) is 1.40. The first-order chi connectivity index (χ1) is 27.6. The molecule has 0 spiro atoms. The van der Waals surface area contributed by atoms with Gasteiger partial charge in [-0.05, 0) is 86.8 Å². The predicted molar refractivity (Wildman–Crippen MR) is 203 cm³/mol. The van der Waals surface area contributed by atoms with Crippen LogP contribution in [0, 0.1) is 11.8 Å². The Kier molecular flexibility index (Phi) is 20.0. The Bertz CT molecular complexity index is 1700. The molecule has 1 saturated carbocycles. The van der Waals surface area contributed by atoms with Gasteiger partial charge in [0.25, 0.3) is 0 Å². The minimum absolute atomic E-state index is 0.0119. The maximum atomic E-state index is 13.0. The van der Waals surface area contributed by atoms with Crippen LogP contribution in [0.15, 0.2) is 72.8 Å². The number of alkyl halides is 3. The molecule has 1 aliphatic carbocycles. The number of nitrogens with zero attached hydrogens (tertiary/aromatic N) is 1. The van der Waals surface area contributed by atoms with E-state index in [9.17, 15) is 42.9 Å². The monoisotopic (exact) mass is 822 g/mol. The molecule has 0 bridgehead atoms. The Balaban J connectivity index is 1.37. The summed E-state index contributed by atoms with van der Waals surface area (Å²) in [6, 6.07) is 8.78. The van der Waals surface area contributed by atoms with Crippen LogP contribution in [0.25, 0.3) is 6.08 Å². The van der Waals surface area contributed by atoms with Crippen molar-refractivity contribution in [3.8, 4) is 11.5 Å². The van der Waals surface area contributed by atoms with Crippen LogP contribution < -0.4 is 14.8 Å². The lowest BCUT2D eigenvalue weighted by atomic mass is 9.89. The van der Waals surface area contributed by atoms with Gasteiger partial charge >= 0.3 is 18.1 Å². The van der Waals surface area contributed by atoms with Crippen molar-refractivity contribution in [3.05, 3.63) is 89.5 Å². The number of hydrogen-bond donors (Lipinski definition) is 6. The number of amides is 1. The second kappa shape index (κ2) is 24.3. The van der Waals surface area contributed by atoms with E-state index in [-0.39, 0.29) is 75.1 Å². The lowest BCUT2D eigenvalue weighted by molar-refractivity contribution is -0.492. The van der Waals surface area contributed by atoms with Crippen molar-refractivity contribution < 1.29 is 72.3 Å². The van der Waals surface area contributed by atoms with Gasteiger partial charge in [0.2, 0.25) is 5.91 Å². The maximum Gasteiger partial charge on any atom is 0.416 e. The first-order valence-electron chi connectivity index (χ1n) is 18.9. The summed E-state index contributed by atoms with van der Waals surface area (Å²) < 4.78 is 54.9. The van der Waals surface area contributed by atoms with E-state index >= 15 is 0 Å². The minimum Gasteiger partial charge on any atom is -0.493 e. The molecule has 3 rings (SSSR count). The Morgan fingerprint density at radius 3 is 2.50 bits per heavy atom. The number of carbonyl (C=O) groups is 3. The molecule has 1 amide bonds. The third-order valence-corrected chi connectivity index (χ3v) is 9.32. The second-order valence-electron chi connectivity index (χ2n) is 13.8. The molecule has 1 unspecified atom stereocenters. The number of aryl methyl sites for hydroxylation is 1. The highest BCUT2D eigenvalue weighted by molar-refractivity contribution is 5.85. The molecule has 1 aliphatic rings. The van der Waals surface area contributed by atoms with Crippen molar-refractivity contribution in [1.29, 1.82) is 0 Å². The van der Waals surface area contributed by atoms with Gasteiger partial charge in [0, 0.05) is 25.2 Å². The molecular formula is C41H53F3N2O12. The topological polar surface area (TPSA) is 205 Å². The van der Waals surface area contributed by atoms with Crippen LogP contribution in [0.1, 0.15) is 75.0 Å². The van der Waals surface area contributed by atoms with Crippen LogP contribution in [0.4, 0.5) is 13.2 Å². The van der Waals surface area contributed by atoms with Crippen molar-refractivity contribution >= 4 is 23.9 Å². The number of carbonyl (C=O) groups excluding carboxylic acids is 3. The number of nitrogens with one attached hydrogen (secondary N) is 1. The van der Waals surface area contributed by atoms with Crippen LogP contribution in [-0.2, 0) is 36.6 Å². The first-order valence-corrected chi connectivity index (χ1v) is 18.9. The van der Waals surface area contributed by atoms with Crippen molar-refractivity contribution in [1.82, 2.24) is 10.7 Å². The molecular weight excluding hydrogens is 769 g/mol. The van der Waals surface area contributed by atoms with Crippen molar-refractivity contribution in [2.45, 2.75) is 95.2 Å². The van der Waals surface area contributed by atoms with Gasteiger partial charge in [-0.1, -0.05) is 54.6 Å². The molecule has 58 heavy (non-hydrogen) atoms. The van der Waals surface area contributed by atoms with Crippen molar-refractivity contribution in [3.63, 3.8) is 0 Å². The number of rotatable bonds is 23. The van der Waals surface area contributed by atoms with E-state index in [1.54, 1.807) is 36.4 Å². The number of benzene rings is 2. The Morgan fingerprint density at radius 1 is 1.00 bits per heavy atom. The molecule has 14 nitrogen and oxygen atoms in total. The molecule has 2 aromatic rings. The zero-order valence-corrected chi connectivity index (χ0v) is 32.4. The highest BCUT2D eigenvalue weighted by Crippen LogP contribution is 2.37. The van der Waals surface area contributed by atoms with Crippen LogP contribution >= 0.6 is 0 Å². The molecule has 6 atom stereocenters. The van der Waals surface area contributed by atoms with E-state index in [2.05, 4.69) is 10.2 Å². The zero-order chi connectivity index (χ0) is 42.7. The number of aliphatic hydroxyl groups excluding tert-OH is 3. The molecule has 0 aromatic heterocycles. The fraction of sp³-hybridized carbons (Fsp3) is 0.488. The van der Waals surface area contributed by atoms with Crippen molar-refractivity contribution in [2.24, 2.45) is 11.8 Å². The number of hydrogen-bond acceptors (Lipinski definition) is 13. The smallest absolute Gasteiger partial charge is 0.416 e. The minimum atomic E-state index is -4.45. The standard InChI is InChI=1S/C41H53F3N2O12/c1-27(40(52)58-36-21-17-29(25-37(36)55-2)11-8-22-56-39(51)15-9-23-57-46(53)54)45-38(50)14-6-4-3-5-13-32-33(35(49)26-34(32)48)20-19-31(47)18-16-28-10-7-12-30(24-28)41(42,43)44/h3,5,7-8,10-12,17,19-21,24-25,27,31-35,47-49,53-54H,4,6,9,13-16,18,22-23,26H2,1-2H3,(H,45,50)/b5-3-,11-8+,20-19+/t27?,31-,32+,33+,34-,35+/m0/s1. The fourth-order valence-electron chi connectivity index (χ4n) is 6.23. The lowest BCUT2D eigenvalue weighted by Gasteiger charge is -2.19. The summed E-state index contributed by atoms with van der Waals surface area (Å²) in [5.41, 5.74) is 0.368.